The summed E-state index contributed by atoms with van der Waals surface area (Å²) in [5.74, 6) is 0.860. The summed E-state index contributed by atoms with van der Waals surface area (Å²) in [6.07, 6.45) is 0. The smallest absolute Gasteiger partial charge is 0.133 e. The van der Waals surface area contributed by atoms with Crippen LogP contribution in [-0.4, -0.2) is 7.11 Å². The van der Waals surface area contributed by atoms with Crippen molar-refractivity contribution in [1.82, 2.24) is 0 Å². The van der Waals surface area contributed by atoms with Crippen LogP contribution >= 0.6 is 51.1 Å². The minimum absolute atomic E-state index is 0.860. The van der Waals surface area contributed by atoms with E-state index in [-0.39, 0.29) is 0 Å². The summed E-state index contributed by atoms with van der Waals surface area (Å²) < 4.78 is 7.13. The third kappa shape index (κ3) is 2.03. The SMILES string of the molecule is COc1ccc(Br)c(S)c1I. The van der Waals surface area contributed by atoms with Crippen molar-refractivity contribution in [1.29, 1.82) is 0 Å². The minimum Gasteiger partial charge on any atom is -0.496 e. The zero-order chi connectivity index (χ0) is 8.43. The first-order valence-electron chi connectivity index (χ1n) is 2.87. The molecule has 0 fully saturated rings. The van der Waals surface area contributed by atoms with E-state index in [1.54, 1.807) is 7.11 Å². The molecule has 0 saturated carbocycles. The van der Waals surface area contributed by atoms with Gasteiger partial charge in [0.15, 0.2) is 0 Å². The summed E-state index contributed by atoms with van der Waals surface area (Å²) in [4.78, 5) is 0.921. The standard InChI is InChI=1S/C7H6BrIOS/c1-10-5-3-2-4(8)7(11)6(5)9/h2-3,11H,1H3. The maximum Gasteiger partial charge on any atom is 0.133 e. The Hall–Kier alpha value is 0.580. The Morgan fingerprint density at radius 3 is 2.73 bits per heavy atom. The topological polar surface area (TPSA) is 9.23 Å². The number of hydrogen-bond donors (Lipinski definition) is 1. The summed E-state index contributed by atoms with van der Waals surface area (Å²) in [7, 11) is 1.65. The fraction of sp³-hybridized carbons (Fsp3) is 0.143. The van der Waals surface area contributed by atoms with Crippen molar-refractivity contribution in [3.8, 4) is 5.75 Å². The van der Waals surface area contributed by atoms with Crippen molar-refractivity contribution in [3.63, 3.8) is 0 Å². The first-order chi connectivity index (χ1) is 5.16. The second kappa shape index (κ2) is 4.00. The molecule has 0 atom stereocenters. The third-order valence-electron chi connectivity index (χ3n) is 1.25. The van der Waals surface area contributed by atoms with Gasteiger partial charge in [0.25, 0.3) is 0 Å². The van der Waals surface area contributed by atoms with Gasteiger partial charge in [-0.05, 0) is 50.7 Å². The van der Waals surface area contributed by atoms with Crippen molar-refractivity contribution in [2.75, 3.05) is 7.11 Å². The summed E-state index contributed by atoms with van der Waals surface area (Å²) in [6, 6.07) is 3.83. The van der Waals surface area contributed by atoms with E-state index in [1.165, 1.54) is 0 Å². The summed E-state index contributed by atoms with van der Waals surface area (Å²) >= 11 is 9.87. The fourth-order valence-corrected chi connectivity index (χ4v) is 2.26. The average Bonchev–Trinajstić information content (AvgIpc) is 2.01. The highest BCUT2D eigenvalue weighted by Crippen LogP contribution is 2.32. The highest BCUT2D eigenvalue weighted by molar-refractivity contribution is 14.1. The van der Waals surface area contributed by atoms with Crippen LogP contribution in [0.3, 0.4) is 0 Å². The van der Waals surface area contributed by atoms with Crippen LogP contribution in [0.4, 0.5) is 0 Å². The molecule has 0 bridgehead atoms. The van der Waals surface area contributed by atoms with Crippen molar-refractivity contribution in [3.05, 3.63) is 20.2 Å². The summed E-state index contributed by atoms with van der Waals surface area (Å²) in [6.45, 7) is 0. The number of methoxy groups -OCH3 is 1. The Kier molecular flexibility index (Phi) is 3.52. The van der Waals surface area contributed by atoms with Gasteiger partial charge in [-0.15, -0.1) is 12.6 Å². The Bertz CT molecular complexity index is 277. The van der Waals surface area contributed by atoms with Gasteiger partial charge in [0.1, 0.15) is 5.75 Å². The number of halogens is 2. The van der Waals surface area contributed by atoms with Gasteiger partial charge in [0, 0.05) is 9.37 Å². The molecule has 0 aliphatic carbocycles. The lowest BCUT2D eigenvalue weighted by Gasteiger charge is -2.05. The lowest BCUT2D eigenvalue weighted by molar-refractivity contribution is 0.410. The molecule has 0 radical (unpaired) electrons. The van der Waals surface area contributed by atoms with Crippen LogP contribution in [0.2, 0.25) is 0 Å². The van der Waals surface area contributed by atoms with Gasteiger partial charge in [0.05, 0.1) is 10.7 Å². The highest BCUT2D eigenvalue weighted by atomic mass is 127. The Labute approximate surface area is 93.2 Å². The van der Waals surface area contributed by atoms with Crippen molar-refractivity contribution < 1.29 is 4.74 Å². The Balaban J connectivity index is 3.25. The molecular weight excluding hydrogens is 339 g/mol. The number of rotatable bonds is 1. The normalized spacial score (nSPS) is 9.82. The molecule has 0 amide bonds. The zero-order valence-corrected chi connectivity index (χ0v) is 10.4. The molecule has 0 aliphatic heterocycles. The predicted octanol–water partition coefficient (Wildman–Crippen LogP) is 3.35. The molecular formula is C7H6BrIOS. The van der Waals surface area contributed by atoms with Crippen molar-refractivity contribution in [2.45, 2.75) is 4.90 Å². The quantitative estimate of drug-likeness (QED) is 0.607. The van der Waals surface area contributed by atoms with Crippen molar-refractivity contribution >= 4 is 51.1 Å². The summed E-state index contributed by atoms with van der Waals surface area (Å²) in [5, 5.41) is 0. The van der Waals surface area contributed by atoms with Crippen LogP contribution in [0.15, 0.2) is 21.5 Å². The molecule has 4 heteroatoms. The molecule has 1 nitrogen and oxygen atoms in total. The van der Waals surface area contributed by atoms with Crippen LogP contribution in [0.25, 0.3) is 0 Å². The number of ether oxygens (including phenoxy) is 1. The second-order valence-corrected chi connectivity index (χ2v) is 4.29. The lowest BCUT2D eigenvalue weighted by atomic mass is 10.3. The Morgan fingerprint density at radius 1 is 1.55 bits per heavy atom. The van der Waals surface area contributed by atoms with Gasteiger partial charge < -0.3 is 4.74 Å². The summed E-state index contributed by atoms with van der Waals surface area (Å²) in [5.41, 5.74) is 0. The molecule has 1 rings (SSSR count). The van der Waals surface area contributed by atoms with E-state index >= 15 is 0 Å². The predicted molar refractivity (Wildman–Crippen MR) is 60.7 cm³/mol. The largest absolute Gasteiger partial charge is 0.496 e. The first kappa shape index (κ1) is 9.67. The molecule has 0 unspecified atom stereocenters. The molecule has 0 heterocycles. The van der Waals surface area contributed by atoms with E-state index in [1.807, 2.05) is 12.1 Å². The molecule has 0 aromatic heterocycles. The molecule has 1 aromatic carbocycles. The number of thiol groups is 1. The van der Waals surface area contributed by atoms with Crippen LogP contribution < -0.4 is 4.74 Å². The van der Waals surface area contributed by atoms with Gasteiger partial charge >= 0.3 is 0 Å². The van der Waals surface area contributed by atoms with Crippen LogP contribution in [0.5, 0.6) is 5.75 Å². The van der Waals surface area contributed by atoms with Crippen LogP contribution in [0, 0.1) is 3.57 Å². The molecule has 60 valence electrons. The van der Waals surface area contributed by atoms with E-state index in [4.69, 9.17) is 4.74 Å². The molecule has 1 aromatic rings. The molecule has 0 saturated heterocycles. The second-order valence-electron chi connectivity index (χ2n) is 1.91. The zero-order valence-electron chi connectivity index (χ0n) is 5.77. The number of benzene rings is 1. The molecule has 0 spiro atoms. The first-order valence-corrected chi connectivity index (χ1v) is 5.19. The van der Waals surface area contributed by atoms with Gasteiger partial charge in [-0.2, -0.15) is 0 Å². The lowest BCUT2D eigenvalue weighted by Crippen LogP contribution is -1.87. The van der Waals surface area contributed by atoms with E-state index < -0.39 is 0 Å². The van der Waals surface area contributed by atoms with E-state index in [0.717, 1.165) is 18.7 Å². The van der Waals surface area contributed by atoms with E-state index in [0.29, 0.717) is 0 Å². The minimum atomic E-state index is 0.860. The van der Waals surface area contributed by atoms with Gasteiger partial charge in [-0.25, -0.2) is 0 Å². The fourth-order valence-electron chi connectivity index (χ4n) is 0.680. The average molecular weight is 345 g/mol. The number of hydrogen-bond acceptors (Lipinski definition) is 2. The van der Waals surface area contributed by atoms with Gasteiger partial charge in [-0.1, -0.05) is 0 Å². The monoisotopic (exact) mass is 344 g/mol. The van der Waals surface area contributed by atoms with Crippen LogP contribution in [-0.2, 0) is 0 Å². The van der Waals surface area contributed by atoms with Crippen molar-refractivity contribution in [2.24, 2.45) is 0 Å². The maximum atomic E-state index is 5.10. The maximum absolute atomic E-state index is 5.10. The van der Waals surface area contributed by atoms with E-state index in [2.05, 4.69) is 51.1 Å². The molecule has 0 aliphatic rings. The van der Waals surface area contributed by atoms with Gasteiger partial charge in [-0.3, -0.25) is 0 Å². The molecule has 0 N–H and O–H groups in total. The van der Waals surface area contributed by atoms with E-state index in [9.17, 15) is 0 Å². The van der Waals surface area contributed by atoms with Crippen LogP contribution in [0.1, 0.15) is 0 Å². The third-order valence-corrected chi connectivity index (χ3v) is 4.18. The van der Waals surface area contributed by atoms with Gasteiger partial charge in [0.2, 0.25) is 0 Å². The Morgan fingerprint density at radius 2 is 2.18 bits per heavy atom. The molecule has 11 heavy (non-hydrogen) atoms. The highest BCUT2D eigenvalue weighted by Gasteiger charge is 2.05.